The summed E-state index contributed by atoms with van der Waals surface area (Å²) >= 11 is 0. The van der Waals surface area contributed by atoms with Crippen molar-refractivity contribution in [2.45, 2.75) is 19.3 Å². The van der Waals surface area contributed by atoms with Gasteiger partial charge in [-0.2, -0.15) is 0 Å². The highest BCUT2D eigenvalue weighted by molar-refractivity contribution is 6.03. The molecule has 1 N–H and O–H groups in total. The molecule has 0 unspecified atom stereocenters. The lowest BCUT2D eigenvalue weighted by molar-refractivity contribution is 0.102. The van der Waals surface area contributed by atoms with E-state index in [1.165, 1.54) is 18.6 Å². The van der Waals surface area contributed by atoms with Crippen LogP contribution in [0.1, 0.15) is 29.8 Å². The number of anilines is 2. The third-order valence-electron chi connectivity index (χ3n) is 4.78. The molecule has 3 aromatic rings. The highest BCUT2D eigenvalue weighted by atomic mass is 19.1. The van der Waals surface area contributed by atoms with Gasteiger partial charge in [0.05, 0.1) is 5.69 Å². The van der Waals surface area contributed by atoms with Gasteiger partial charge in [0.2, 0.25) is 0 Å². The zero-order chi connectivity index (χ0) is 19.3. The van der Waals surface area contributed by atoms with Crippen LogP contribution in [-0.4, -0.2) is 29.0 Å². The maximum absolute atomic E-state index is 13.9. The summed E-state index contributed by atoms with van der Waals surface area (Å²) in [5, 5.41) is 2.61. The van der Waals surface area contributed by atoms with Crippen molar-refractivity contribution in [2.24, 2.45) is 0 Å². The van der Waals surface area contributed by atoms with Crippen molar-refractivity contribution in [3.8, 4) is 11.4 Å². The molecule has 1 fully saturated rings. The van der Waals surface area contributed by atoms with Gasteiger partial charge in [-0.15, -0.1) is 0 Å². The summed E-state index contributed by atoms with van der Waals surface area (Å²) in [5.41, 5.74) is 1.19. The summed E-state index contributed by atoms with van der Waals surface area (Å²) in [5.74, 6) is 0.280. The fraction of sp³-hybridized carbons (Fsp3) is 0.227. The fourth-order valence-corrected chi connectivity index (χ4v) is 3.30. The van der Waals surface area contributed by atoms with Crippen LogP contribution in [0.15, 0.2) is 60.7 Å². The summed E-state index contributed by atoms with van der Waals surface area (Å²) in [6.45, 7) is 1.80. The molecule has 0 atom stereocenters. The van der Waals surface area contributed by atoms with E-state index in [-0.39, 0.29) is 11.4 Å². The maximum atomic E-state index is 13.9. The molecule has 1 saturated heterocycles. The van der Waals surface area contributed by atoms with Crippen molar-refractivity contribution >= 4 is 17.4 Å². The minimum absolute atomic E-state index is 0.131. The van der Waals surface area contributed by atoms with E-state index in [1.807, 2.05) is 30.3 Å². The molecule has 4 rings (SSSR count). The molecule has 2 heterocycles. The molecule has 0 aliphatic carbocycles. The predicted octanol–water partition coefficient (Wildman–Crippen LogP) is 4.53. The average molecular weight is 376 g/mol. The Morgan fingerprint density at radius 2 is 1.64 bits per heavy atom. The second-order valence-electron chi connectivity index (χ2n) is 6.78. The van der Waals surface area contributed by atoms with Gasteiger partial charge >= 0.3 is 0 Å². The number of halogens is 1. The van der Waals surface area contributed by atoms with Crippen molar-refractivity contribution in [3.05, 3.63) is 72.2 Å². The first-order valence-electron chi connectivity index (χ1n) is 9.46. The minimum atomic E-state index is -0.482. The molecule has 0 saturated carbocycles. The minimum Gasteiger partial charge on any atom is -0.356 e. The SMILES string of the molecule is O=C(Nc1ccccc1F)c1cc(N2CCCCC2)nc(-c2ccccc2)n1. The van der Waals surface area contributed by atoms with Crippen molar-refractivity contribution in [2.75, 3.05) is 23.3 Å². The Morgan fingerprint density at radius 1 is 0.929 bits per heavy atom. The Labute approximate surface area is 163 Å². The molecule has 1 aromatic heterocycles. The van der Waals surface area contributed by atoms with Crippen molar-refractivity contribution in [3.63, 3.8) is 0 Å². The molecular formula is C22H21FN4O. The Morgan fingerprint density at radius 3 is 2.39 bits per heavy atom. The molecule has 1 amide bonds. The number of nitrogens with one attached hydrogen (secondary N) is 1. The van der Waals surface area contributed by atoms with Crippen LogP contribution in [0.25, 0.3) is 11.4 Å². The van der Waals surface area contributed by atoms with Crippen molar-refractivity contribution in [1.29, 1.82) is 0 Å². The summed E-state index contributed by atoms with van der Waals surface area (Å²) in [6.07, 6.45) is 3.40. The van der Waals surface area contributed by atoms with E-state index in [4.69, 9.17) is 4.98 Å². The van der Waals surface area contributed by atoms with Gasteiger partial charge in [0.15, 0.2) is 5.82 Å². The van der Waals surface area contributed by atoms with Gasteiger partial charge in [0, 0.05) is 24.7 Å². The Kier molecular flexibility index (Phi) is 5.28. The standard InChI is InChI=1S/C22H21FN4O/c23-17-11-5-6-12-18(17)25-22(28)19-15-20(27-13-7-2-8-14-27)26-21(24-19)16-9-3-1-4-10-16/h1,3-6,9-12,15H,2,7-8,13-14H2,(H,25,28). The molecule has 1 aliphatic heterocycles. The first-order valence-corrected chi connectivity index (χ1v) is 9.46. The van der Waals surface area contributed by atoms with E-state index in [0.717, 1.165) is 37.3 Å². The monoisotopic (exact) mass is 376 g/mol. The number of piperidine rings is 1. The van der Waals surface area contributed by atoms with Crippen LogP contribution in [-0.2, 0) is 0 Å². The molecule has 142 valence electrons. The number of rotatable bonds is 4. The largest absolute Gasteiger partial charge is 0.356 e. The number of hydrogen-bond donors (Lipinski definition) is 1. The van der Waals surface area contributed by atoms with Gasteiger partial charge < -0.3 is 10.2 Å². The summed E-state index contributed by atoms with van der Waals surface area (Å²) in [4.78, 5) is 24.1. The molecule has 5 nitrogen and oxygen atoms in total. The first kappa shape index (κ1) is 18.1. The highest BCUT2D eigenvalue weighted by Gasteiger charge is 2.19. The van der Waals surface area contributed by atoms with Crippen LogP contribution in [0.4, 0.5) is 15.9 Å². The summed E-state index contributed by atoms with van der Waals surface area (Å²) in [7, 11) is 0. The number of para-hydroxylation sites is 1. The fourth-order valence-electron chi connectivity index (χ4n) is 3.30. The second kappa shape index (κ2) is 8.17. The number of hydrogen-bond acceptors (Lipinski definition) is 4. The number of aromatic nitrogens is 2. The summed E-state index contributed by atoms with van der Waals surface area (Å²) in [6, 6.07) is 17.3. The highest BCUT2D eigenvalue weighted by Crippen LogP contribution is 2.23. The Hall–Kier alpha value is -3.28. The summed E-state index contributed by atoms with van der Waals surface area (Å²) < 4.78 is 13.9. The van der Waals surface area contributed by atoms with Crippen LogP contribution in [0.3, 0.4) is 0 Å². The topological polar surface area (TPSA) is 58.1 Å². The van der Waals surface area contributed by atoms with Gasteiger partial charge in [0.25, 0.3) is 5.91 Å². The van der Waals surface area contributed by atoms with E-state index in [2.05, 4.69) is 15.2 Å². The van der Waals surface area contributed by atoms with Crippen LogP contribution >= 0.6 is 0 Å². The quantitative estimate of drug-likeness (QED) is 0.727. The van der Waals surface area contributed by atoms with Crippen LogP contribution in [0.5, 0.6) is 0 Å². The van der Waals surface area contributed by atoms with E-state index >= 15 is 0 Å². The van der Waals surface area contributed by atoms with E-state index in [0.29, 0.717) is 5.82 Å². The number of carbonyl (C=O) groups is 1. The van der Waals surface area contributed by atoms with Gasteiger partial charge in [-0.25, -0.2) is 14.4 Å². The third kappa shape index (κ3) is 4.01. The second-order valence-corrected chi connectivity index (χ2v) is 6.78. The molecule has 28 heavy (non-hydrogen) atoms. The van der Waals surface area contributed by atoms with Gasteiger partial charge in [-0.05, 0) is 31.4 Å². The molecule has 2 aromatic carbocycles. The molecule has 1 aliphatic rings. The zero-order valence-corrected chi connectivity index (χ0v) is 15.4. The number of carbonyl (C=O) groups excluding carboxylic acids is 1. The molecule has 0 spiro atoms. The van der Waals surface area contributed by atoms with Crippen LogP contribution in [0.2, 0.25) is 0 Å². The van der Waals surface area contributed by atoms with Crippen LogP contribution < -0.4 is 10.2 Å². The number of benzene rings is 2. The lowest BCUT2D eigenvalue weighted by Gasteiger charge is -2.28. The average Bonchev–Trinajstić information content (AvgIpc) is 2.76. The number of nitrogens with zero attached hydrogens (tertiary/aromatic N) is 3. The van der Waals surface area contributed by atoms with Gasteiger partial charge in [-0.1, -0.05) is 42.5 Å². The Balaban J connectivity index is 1.71. The molecule has 0 bridgehead atoms. The normalized spacial score (nSPS) is 14.0. The van der Waals surface area contributed by atoms with Gasteiger partial charge in [-0.3, -0.25) is 4.79 Å². The molecule has 6 heteroatoms. The van der Waals surface area contributed by atoms with Crippen molar-refractivity contribution in [1.82, 2.24) is 9.97 Å². The number of amides is 1. The van der Waals surface area contributed by atoms with Crippen LogP contribution in [0, 0.1) is 5.82 Å². The molecule has 0 radical (unpaired) electrons. The predicted molar refractivity (Wildman–Crippen MR) is 108 cm³/mol. The van der Waals surface area contributed by atoms with E-state index in [1.54, 1.807) is 18.2 Å². The lowest BCUT2D eigenvalue weighted by Crippen LogP contribution is -2.31. The maximum Gasteiger partial charge on any atom is 0.274 e. The third-order valence-corrected chi connectivity index (χ3v) is 4.78. The Bertz CT molecular complexity index is 971. The van der Waals surface area contributed by atoms with E-state index in [9.17, 15) is 9.18 Å². The van der Waals surface area contributed by atoms with E-state index < -0.39 is 11.7 Å². The van der Waals surface area contributed by atoms with Gasteiger partial charge in [0.1, 0.15) is 17.3 Å². The zero-order valence-electron chi connectivity index (χ0n) is 15.4. The first-order chi connectivity index (χ1) is 13.7. The molecular weight excluding hydrogens is 355 g/mol. The van der Waals surface area contributed by atoms with Crippen molar-refractivity contribution < 1.29 is 9.18 Å². The lowest BCUT2D eigenvalue weighted by atomic mass is 10.1. The smallest absolute Gasteiger partial charge is 0.274 e.